The summed E-state index contributed by atoms with van der Waals surface area (Å²) in [6, 6.07) is 6.30. The Morgan fingerprint density at radius 3 is 2.81 bits per heavy atom. The molecule has 0 amide bonds. The van der Waals surface area contributed by atoms with Crippen molar-refractivity contribution in [1.82, 2.24) is 25.2 Å². The summed E-state index contributed by atoms with van der Waals surface area (Å²) in [4.78, 5) is 5.24. The first-order valence-corrected chi connectivity index (χ1v) is 7.36. The number of sulfonamides is 1. The molecular weight excluding hydrogens is 294 g/mol. The van der Waals surface area contributed by atoms with Crippen molar-refractivity contribution in [3.63, 3.8) is 0 Å². The molecule has 10 heteroatoms. The molecule has 0 radical (unpaired) electrons. The summed E-state index contributed by atoms with van der Waals surface area (Å²) in [5.74, 6) is -0.113. The van der Waals surface area contributed by atoms with Crippen LogP contribution in [0.2, 0.25) is 0 Å². The molecule has 0 saturated heterocycles. The number of aryl methyl sites for hydroxylation is 1. The number of fused-ring (bicyclic) bond motifs is 1. The number of nitrogens with zero attached hydrogens (tertiary/aromatic N) is 5. The van der Waals surface area contributed by atoms with E-state index in [1.165, 1.54) is 25.4 Å². The van der Waals surface area contributed by atoms with Gasteiger partial charge in [-0.3, -0.25) is 4.98 Å². The first kappa shape index (κ1) is 13.2. The van der Waals surface area contributed by atoms with Gasteiger partial charge in [0.2, 0.25) is 0 Å². The van der Waals surface area contributed by atoms with Crippen LogP contribution in [0.15, 0.2) is 35.4 Å². The topological polar surface area (TPSA) is 129 Å². The molecule has 3 aromatic rings. The van der Waals surface area contributed by atoms with Crippen LogP contribution in [0.25, 0.3) is 10.9 Å². The number of benzene rings is 1. The zero-order valence-electron chi connectivity index (χ0n) is 10.9. The molecule has 0 aliphatic heterocycles. The zero-order chi connectivity index (χ0) is 15.0. The Hall–Kier alpha value is -2.75. The predicted octanol–water partition coefficient (Wildman–Crippen LogP) is 0.141. The number of anilines is 2. The highest BCUT2D eigenvalue weighted by atomic mass is 32.2. The maximum Gasteiger partial charge on any atom is 0.277 e. The van der Waals surface area contributed by atoms with Gasteiger partial charge in [-0.15, -0.1) is 5.10 Å². The van der Waals surface area contributed by atoms with Crippen molar-refractivity contribution in [2.75, 3.05) is 10.5 Å². The summed E-state index contributed by atoms with van der Waals surface area (Å²) in [7, 11) is -2.36. The zero-order valence-corrected chi connectivity index (χ0v) is 11.7. The van der Waals surface area contributed by atoms with Gasteiger partial charge in [0.05, 0.1) is 12.6 Å². The maximum absolute atomic E-state index is 12.4. The quantitative estimate of drug-likeness (QED) is 0.658. The molecule has 108 valence electrons. The standard InChI is InChI=1S/C11H11N7O2S/c1-18-15-11(14-17-18)16-21(19,20)9-5-4-8(12)7-3-2-6-13-10(7)9/h2-6H,12H2,1H3,(H,15,16). The van der Waals surface area contributed by atoms with Crippen LogP contribution in [0, 0.1) is 0 Å². The average Bonchev–Trinajstić information content (AvgIpc) is 2.83. The molecule has 3 N–H and O–H groups in total. The SMILES string of the molecule is Cn1nnc(NS(=O)(=O)c2ccc(N)c3cccnc23)n1. The lowest BCUT2D eigenvalue weighted by Crippen LogP contribution is -2.15. The molecule has 0 spiro atoms. The summed E-state index contributed by atoms with van der Waals surface area (Å²) in [5.41, 5.74) is 6.57. The van der Waals surface area contributed by atoms with Crippen molar-refractivity contribution >= 4 is 32.6 Å². The number of hydrogen-bond acceptors (Lipinski definition) is 7. The number of aromatic nitrogens is 5. The number of hydrogen-bond donors (Lipinski definition) is 2. The summed E-state index contributed by atoms with van der Waals surface area (Å²) < 4.78 is 27.1. The maximum atomic E-state index is 12.4. The molecule has 9 nitrogen and oxygen atoms in total. The fourth-order valence-corrected chi connectivity index (χ4v) is 2.98. The van der Waals surface area contributed by atoms with Crippen LogP contribution in [-0.2, 0) is 17.1 Å². The van der Waals surface area contributed by atoms with Gasteiger partial charge < -0.3 is 5.73 Å². The van der Waals surface area contributed by atoms with E-state index in [2.05, 4.69) is 25.1 Å². The van der Waals surface area contributed by atoms with Crippen molar-refractivity contribution in [3.05, 3.63) is 30.5 Å². The molecular formula is C11H11N7O2S. The third-order valence-electron chi connectivity index (χ3n) is 2.79. The Kier molecular flexibility index (Phi) is 2.94. The lowest BCUT2D eigenvalue weighted by Gasteiger charge is -2.08. The minimum atomic E-state index is -3.89. The number of rotatable bonds is 3. The monoisotopic (exact) mass is 305 g/mol. The van der Waals surface area contributed by atoms with E-state index in [9.17, 15) is 8.42 Å². The Bertz CT molecular complexity index is 919. The normalized spacial score (nSPS) is 11.7. The molecule has 0 fully saturated rings. The van der Waals surface area contributed by atoms with E-state index in [0.29, 0.717) is 11.1 Å². The van der Waals surface area contributed by atoms with Gasteiger partial charge in [0, 0.05) is 17.3 Å². The summed E-state index contributed by atoms with van der Waals surface area (Å²) in [6.07, 6.45) is 1.50. The van der Waals surface area contributed by atoms with Gasteiger partial charge in [-0.2, -0.15) is 4.80 Å². The van der Waals surface area contributed by atoms with Crippen molar-refractivity contribution in [1.29, 1.82) is 0 Å². The molecule has 0 atom stereocenters. The molecule has 0 aliphatic carbocycles. The summed E-state index contributed by atoms with van der Waals surface area (Å²) in [5, 5.41) is 11.5. The second-order valence-corrected chi connectivity index (χ2v) is 5.91. The molecule has 0 saturated carbocycles. The Morgan fingerprint density at radius 1 is 1.29 bits per heavy atom. The third kappa shape index (κ3) is 2.36. The minimum absolute atomic E-state index is 0.000229. The molecule has 0 unspecified atom stereocenters. The van der Waals surface area contributed by atoms with Crippen molar-refractivity contribution in [2.24, 2.45) is 7.05 Å². The molecule has 1 aromatic carbocycles. The van der Waals surface area contributed by atoms with Crippen molar-refractivity contribution < 1.29 is 8.42 Å². The van der Waals surface area contributed by atoms with E-state index in [4.69, 9.17) is 5.73 Å². The van der Waals surface area contributed by atoms with Gasteiger partial charge in [-0.25, -0.2) is 13.1 Å². The van der Waals surface area contributed by atoms with Gasteiger partial charge in [-0.1, -0.05) is 5.10 Å². The summed E-state index contributed by atoms with van der Waals surface area (Å²) in [6.45, 7) is 0. The molecule has 21 heavy (non-hydrogen) atoms. The molecule has 2 heterocycles. The Labute approximate surface area is 119 Å². The van der Waals surface area contributed by atoms with Gasteiger partial charge in [-0.05, 0) is 29.5 Å². The van der Waals surface area contributed by atoms with Crippen molar-refractivity contribution in [2.45, 2.75) is 4.90 Å². The van der Waals surface area contributed by atoms with E-state index in [-0.39, 0.29) is 16.4 Å². The number of tetrazole rings is 1. The average molecular weight is 305 g/mol. The Balaban J connectivity index is 2.13. The second-order valence-electron chi connectivity index (χ2n) is 4.26. The van der Waals surface area contributed by atoms with Gasteiger partial charge >= 0.3 is 0 Å². The van der Waals surface area contributed by atoms with E-state index >= 15 is 0 Å². The highest BCUT2D eigenvalue weighted by molar-refractivity contribution is 7.93. The first-order chi connectivity index (χ1) is 9.97. The number of nitrogens with one attached hydrogen (secondary N) is 1. The van der Waals surface area contributed by atoms with E-state index < -0.39 is 10.0 Å². The van der Waals surface area contributed by atoms with Gasteiger partial charge in [0.15, 0.2) is 0 Å². The van der Waals surface area contributed by atoms with Crippen molar-refractivity contribution in [3.8, 4) is 0 Å². The molecule has 0 bridgehead atoms. The molecule has 3 rings (SSSR count). The lowest BCUT2D eigenvalue weighted by atomic mass is 10.2. The van der Waals surface area contributed by atoms with Crippen LogP contribution in [-0.4, -0.2) is 33.6 Å². The lowest BCUT2D eigenvalue weighted by molar-refractivity contribution is 0.601. The number of nitrogen functional groups attached to an aromatic ring is 1. The van der Waals surface area contributed by atoms with Gasteiger partial charge in [0.1, 0.15) is 4.90 Å². The van der Waals surface area contributed by atoms with Gasteiger partial charge in [0.25, 0.3) is 16.0 Å². The molecule has 2 aromatic heterocycles. The third-order valence-corrected chi connectivity index (χ3v) is 4.15. The van der Waals surface area contributed by atoms with Crippen LogP contribution < -0.4 is 10.5 Å². The largest absolute Gasteiger partial charge is 0.398 e. The van der Waals surface area contributed by atoms with E-state index in [1.807, 2.05) is 0 Å². The second kappa shape index (κ2) is 4.66. The predicted molar refractivity (Wildman–Crippen MR) is 75.8 cm³/mol. The summed E-state index contributed by atoms with van der Waals surface area (Å²) >= 11 is 0. The van der Waals surface area contributed by atoms with E-state index in [1.54, 1.807) is 12.1 Å². The van der Waals surface area contributed by atoms with E-state index in [0.717, 1.165) is 4.80 Å². The first-order valence-electron chi connectivity index (χ1n) is 5.87. The Morgan fingerprint density at radius 2 is 2.10 bits per heavy atom. The fraction of sp³-hybridized carbons (Fsp3) is 0.0909. The smallest absolute Gasteiger partial charge is 0.277 e. The van der Waals surface area contributed by atoms with Crippen LogP contribution in [0.3, 0.4) is 0 Å². The minimum Gasteiger partial charge on any atom is -0.398 e. The highest BCUT2D eigenvalue weighted by Gasteiger charge is 2.21. The number of nitrogens with two attached hydrogens (primary N) is 1. The van der Waals surface area contributed by atoms with Crippen LogP contribution in [0.1, 0.15) is 0 Å². The highest BCUT2D eigenvalue weighted by Crippen LogP contribution is 2.26. The fourth-order valence-electron chi connectivity index (χ4n) is 1.89. The van der Waals surface area contributed by atoms with Crippen LogP contribution in [0.4, 0.5) is 11.6 Å². The molecule has 0 aliphatic rings. The number of pyridine rings is 1. The van der Waals surface area contributed by atoms with Crippen LogP contribution >= 0.6 is 0 Å². The van der Waals surface area contributed by atoms with Crippen LogP contribution in [0.5, 0.6) is 0 Å².